The molecular formula is C17H16ClF2NO4S. The first-order valence-electron chi connectivity index (χ1n) is 7.63. The summed E-state index contributed by atoms with van der Waals surface area (Å²) in [7, 11) is 0. The van der Waals surface area contributed by atoms with Crippen molar-refractivity contribution in [2.24, 2.45) is 0 Å². The lowest BCUT2D eigenvalue weighted by atomic mass is 10.1. The molecule has 0 aliphatic rings. The van der Waals surface area contributed by atoms with Gasteiger partial charge in [-0.25, -0.2) is 0 Å². The van der Waals surface area contributed by atoms with Crippen LogP contribution in [0, 0.1) is 0 Å². The molecule has 9 heteroatoms. The lowest BCUT2D eigenvalue weighted by molar-refractivity contribution is -0.121. The standard InChI is InChI=1S/C17H16ClF2NO4S/c18-15-7-6-14(26-15)12(22)5-8-16(24)21-9-13(23)10-1-3-11(4-2-10)25-17(19)20/h1-4,6-7,13,17,23H,5,8-9H2,(H,21,24). The first-order valence-corrected chi connectivity index (χ1v) is 8.82. The van der Waals surface area contributed by atoms with Gasteiger partial charge in [-0.1, -0.05) is 23.7 Å². The molecule has 0 aliphatic heterocycles. The van der Waals surface area contributed by atoms with Crippen molar-refractivity contribution in [3.63, 3.8) is 0 Å². The van der Waals surface area contributed by atoms with Gasteiger partial charge in [0.2, 0.25) is 5.91 Å². The predicted octanol–water partition coefficient (Wildman–Crippen LogP) is 3.82. The van der Waals surface area contributed by atoms with Crippen molar-refractivity contribution in [1.82, 2.24) is 5.32 Å². The van der Waals surface area contributed by atoms with E-state index in [9.17, 15) is 23.5 Å². The minimum Gasteiger partial charge on any atom is -0.435 e. The number of ketones is 1. The van der Waals surface area contributed by atoms with Gasteiger partial charge < -0.3 is 15.2 Å². The van der Waals surface area contributed by atoms with Crippen molar-refractivity contribution in [2.75, 3.05) is 6.54 Å². The molecule has 1 unspecified atom stereocenters. The number of hydrogen-bond donors (Lipinski definition) is 2. The van der Waals surface area contributed by atoms with Crippen LogP contribution in [0.3, 0.4) is 0 Å². The molecule has 140 valence electrons. The Kier molecular flexibility index (Phi) is 7.50. The van der Waals surface area contributed by atoms with Crippen LogP contribution in [-0.4, -0.2) is 30.0 Å². The Morgan fingerprint density at radius 2 is 1.85 bits per heavy atom. The summed E-state index contributed by atoms with van der Waals surface area (Å²) in [4.78, 5) is 24.2. The normalized spacial score (nSPS) is 12.0. The van der Waals surface area contributed by atoms with Crippen molar-refractivity contribution in [3.8, 4) is 5.75 Å². The summed E-state index contributed by atoms with van der Waals surface area (Å²) >= 11 is 6.91. The van der Waals surface area contributed by atoms with Gasteiger partial charge in [-0.05, 0) is 29.8 Å². The molecule has 1 aromatic carbocycles. The van der Waals surface area contributed by atoms with E-state index in [0.29, 0.717) is 14.8 Å². The number of hydrogen-bond acceptors (Lipinski definition) is 5. The van der Waals surface area contributed by atoms with Crippen LogP contribution in [0.5, 0.6) is 5.75 Å². The fraction of sp³-hybridized carbons (Fsp3) is 0.294. The molecule has 2 rings (SSSR count). The maximum Gasteiger partial charge on any atom is 0.387 e. The molecule has 5 nitrogen and oxygen atoms in total. The highest BCUT2D eigenvalue weighted by Gasteiger charge is 2.14. The summed E-state index contributed by atoms with van der Waals surface area (Å²) in [6.07, 6.45) is -0.980. The van der Waals surface area contributed by atoms with E-state index in [1.54, 1.807) is 12.1 Å². The van der Waals surface area contributed by atoms with Crippen LogP contribution in [0.2, 0.25) is 4.34 Å². The van der Waals surface area contributed by atoms with Gasteiger partial charge in [-0.15, -0.1) is 11.3 Å². The van der Waals surface area contributed by atoms with E-state index in [1.807, 2.05) is 0 Å². The molecule has 0 saturated heterocycles. The third-order valence-corrected chi connectivity index (χ3v) is 4.68. The van der Waals surface area contributed by atoms with Crippen LogP contribution in [0.4, 0.5) is 8.78 Å². The summed E-state index contributed by atoms with van der Waals surface area (Å²) in [6, 6.07) is 8.69. The fourth-order valence-corrected chi connectivity index (χ4v) is 3.11. The second kappa shape index (κ2) is 9.61. The lowest BCUT2D eigenvalue weighted by Gasteiger charge is -2.13. The summed E-state index contributed by atoms with van der Waals surface area (Å²) in [5.74, 6) is -0.572. The van der Waals surface area contributed by atoms with Gasteiger partial charge in [0, 0.05) is 19.4 Å². The van der Waals surface area contributed by atoms with Gasteiger partial charge in [0.15, 0.2) is 5.78 Å². The van der Waals surface area contributed by atoms with Gasteiger partial charge in [-0.3, -0.25) is 9.59 Å². The Morgan fingerprint density at radius 1 is 1.15 bits per heavy atom. The topological polar surface area (TPSA) is 75.6 Å². The summed E-state index contributed by atoms with van der Waals surface area (Å²) in [5.41, 5.74) is 0.441. The Morgan fingerprint density at radius 3 is 2.42 bits per heavy atom. The molecule has 26 heavy (non-hydrogen) atoms. The number of aliphatic hydroxyl groups excluding tert-OH is 1. The number of thiophene rings is 1. The number of carbonyl (C=O) groups is 2. The second-order valence-electron chi connectivity index (χ2n) is 5.29. The van der Waals surface area contributed by atoms with E-state index in [-0.39, 0.29) is 36.8 Å². The number of benzene rings is 1. The Hall–Kier alpha value is -2.03. The van der Waals surface area contributed by atoms with Gasteiger partial charge >= 0.3 is 6.61 Å². The highest BCUT2D eigenvalue weighted by molar-refractivity contribution is 7.18. The van der Waals surface area contributed by atoms with Crippen LogP contribution in [0.1, 0.15) is 34.2 Å². The third-order valence-electron chi connectivity index (χ3n) is 3.41. The van der Waals surface area contributed by atoms with Crippen LogP contribution < -0.4 is 10.1 Å². The third kappa shape index (κ3) is 6.36. The van der Waals surface area contributed by atoms with Gasteiger partial charge in [0.05, 0.1) is 15.3 Å². The predicted molar refractivity (Wildman–Crippen MR) is 93.9 cm³/mol. The zero-order valence-corrected chi connectivity index (χ0v) is 15.0. The van der Waals surface area contributed by atoms with Crippen LogP contribution >= 0.6 is 22.9 Å². The van der Waals surface area contributed by atoms with Gasteiger partial charge in [0.1, 0.15) is 5.75 Å². The Labute approximate surface area is 157 Å². The molecule has 0 saturated carbocycles. The lowest BCUT2D eigenvalue weighted by Crippen LogP contribution is -2.28. The summed E-state index contributed by atoms with van der Waals surface area (Å²) < 4.78 is 28.9. The molecule has 2 N–H and O–H groups in total. The molecule has 0 aliphatic carbocycles. The highest BCUT2D eigenvalue weighted by Crippen LogP contribution is 2.23. The number of alkyl halides is 2. The zero-order chi connectivity index (χ0) is 19.1. The van der Waals surface area contributed by atoms with E-state index in [1.165, 1.54) is 24.3 Å². The fourth-order valence-electron chi connectivity index (χ4n) is 2.10. The average Bonchev–Trinajstić information content (AvgIpc) is 3.04. The molecule has 0 spiro atoms. The molecule has 0 bridgehead atoms. The van der Waals surface area contributed by atoms with Crippen molar-refractivity contribution >= 4 is 34.6 Å². The van der Waals surface area contributed by atoms with Crippen LogP contribution in [0.25, 0.3) is 0 Å². The maximum absolute atomic E-state index is 12.1. The molecule has 0 radical (unpaired) electrons. The number of ether oxygens (including phenoxy) is 1. The molecule has 1 aromatic heterocycles. The number of nitrogens with one attached hydrogen (secondary N) is 1. The minimum atomic E-state index is -2.92. The monoisotopic (exact) mass is 403 g/mol. The molecule has 2 aromatic rings. The van der Waals surface area contributed by atoms with E-state index in [4.69, 9.17) is 11.6 Å². The number of halogens is 3. The second-order valence-corrected chi connectivity index (χ2v) is 7.01. The minimum absolute atomic E-state index is 0.0117. The van der Waals surface area contributed by atoms with Crippen molar-refractivity contribution in [2.45, 2.75) is 25.6 Å². The number of aliphatic hydroxyl groups is 1. The summed E-state index contributed by atoms with van der Waals surface area (Å²) in [6.45, 7) is -2.98. The Balaban J connectivity index is 1.75. The molecule has 1 amide bonds. The molecule has 1 heterocycles. The van der Waals surface area contributed by atoms with Crippen molar-refractivity contribution in [3.05, 3.63) is 51.2 Å². The SMILES string of the molecule is O=C(CCC(=O)c1ccc(Cl)s1)NCC(O)c1ccc(OC(F)F)cc1. The van der Waals surface area contributed by atoms with E-state index < -0.39 is 12.7 Å². The van der Waals surface area contributed by atoms with Crippen molar-refractivity contribution in [1.29, 1.82) is 0 Å². The first-order chi connectivity index (χ1) is 12.3. The average molecular weight is 404 g/mol. The van der Waals surface area contributed by atoms with Gasteiger partial charge in [0.25, 0.3) is 0 Å². The number of Topliss-reactive ketones (excluding diaryl/α,β-unsaturated/α-hetero) is 1. The van der Waals surface area contributed by atoms with Crippen LogP contribution in [-0.2, 0) is 4.79 Å². The maximum atomic E-state index is 12.1. The molecule has 1 atom stereocenters. The quantitative estimate of drug-likeness (QED) is 0.624. The number of carbonyl (C=O) groups excluding carboxylic acids is 2. The van der Waals surface area contributed by atoms with Gasteiger partial charge in [-0.2, -0.15) is 8.78 Å². The first kappa shape index (κ1) is 20.3. The highest BCUT2D eigenvalue weighted by atomic mass is 35.5. The molecular weight excluding hydrogens is 388 g/mol. The largest absolute Gasteiger partial charge is 0.435 e. The van der Waals surface area contributed by atoms with Crippen LogP contribution in [0.15, 0.2) is 36.4 Å². The Bertz CT molecular complexity index is 751. The molecule has 0 fully saturated rings. The summed E-state index contributed by atoms with van der Waals surface area (Å²) in [5, 5.41) is 12.5. The smallest absolute Gasteiger partial charge is 0.387 e. The number of rotatable bonds is 9. The zero-order valence-electron chi connectivity index (χ0n) is 13.5. The van der Waals surface area contributed by atoms with E-state index in [2.05, 4.69) is 10.1 Å². The van der Waals surface area contributed by atoms with Crippen molar-refractivity contribution < 1.29 is 28.2 Å². The van der Waals surface area contributed by atoms with E-state index in [0.717, 1.165) is 11.3 Å². The number of amides is 1. The van der Waals surface area contributed by atoms with E-state index >= 15 is 0 Å².